The predicted molar refractivity (Wildman–Crippen MR) is 99.2 cm³/mol. The SMILES string of the molecule is CCc1noc(-c2ccn3c(CC(=O)Nc4cccc(C)c4)nnc3c2)n1. The number of fused-ring (bicyclic) bond motifs is 1. The summed E-state index contributed by atoms with van der Waals surface area (Å²) in [6, 6.07) is 11.3. The molecule has 0 radical (unpaired) electrons. The number of rotatable bonds is 5. The second-order valence-electron chi connectivity index (χ2n) is 6.22. The van der Waals surface area contributed by atoms with Gasteiger partial charge in [-0.15, -0.1) is 10.2 Å². The summed E-state index contributed by atoms with van der Waals surface area (Å²) >= 11 is 0. The van der Waals surface area contributed by atoms with E-state index in [0.29, 0.717) is 29.6 Å². The topological polar surface area (TPSA) is 98.2 Å². The van der Waals surface area contributed by atoms with E-state index in [1.54, 1.807) is 10.6 Å². The number of carbonyl (C=O) groups excluding carboxylic acids is 1. The van der Waals surface area contributed by atoms with Crippen LogP contribution in [-0.2, 0) is 17.6 Å². The van der Waals surface area contributed by atoms with Crippen LogP contribution in [0.5, 0.6) is 0 Å². The molecule has 136 valence electrons. The average molecular weight is 362 g/mol. The number of nitrogens with zero attached hydrogens (tertiary/aromatic N) is 5. The molecule has 8 heteroatoms. The Balaban J connectivity index is 1.53. The first kappa shape index (κ1) is 16.9. The zero-order chi connectivity index (χ0) is 18.8. The van der Waals surface area contributed by atoms with Gasteiger partial charge in [0.15, 0.2) is 11.5 Å². The normalized spacial score (nSPS) is 11.0. The smallest absolute Gasteiger partial charge is 0.258 e. The molecule has 1 aromatic carbocycles. The first-order valence-electron chi connectivity index (χ1n) is 8.65. The van der Waals surface area contributed by atoms with Gasteiger partial charge in [0.25, 0.3) is 5.89 Å². The van der Waals surface area contributed by atoms with Crippen molar-refractivity contribution in [2.45, 2.75) is 26.7 Å². The monoisotopic (exact) mass is 362 g/mol. The number of anilines is 1. The Bertz CT molecular complexity index is 1110. The molecule has 0 spiro atoms. The highest BCUT2D eigenvalue weighted by atomic mass is 16.5. The van der Waals surface area contributed by atoms with Crippen LogP contribution in [-0.4, -0.2) is 30.6 Å². The van der Waals surface area contributed by atoms with Gasteiger partial charge in [0.2, 0.25) is 5.91 Å². The van der Waals surface area contributed by atoms with Gasteiger partial charge >= 0.3 is 0 Å². The molecule has 0 saturated carbocycles. The van der Waals surface area contributed by atoms with Gasteiger partial charge in [0, 0.05) is 23.9 Å². The molecule has 1 N–H and O–H groups in total. The van der Waals surface area contributed by atoms with E-state index >= 15 is 0 Å². The van der Waals surface area contributed by atoms with Crippen molar-refractivity contribution >= 4 is 17.2 Å². The van der Waals surface area contributed by atoms with Crippen LogP contribution in [0.3, 0.4) is 0 Å². The van der Waals surface area contributed by atoms with E-state index in [9.17, 15) is 4.79 Å². The van der Waals surface area contributed by atoms with Crippen molar-refractivity contribution in [3.63, 3.8) is 0 Å². The fourth-order valence-electron chi connectivity index (χ4n) is 2.78. The van der Waals surface area contributed by atoms with Gasteiger partial charge in [0.1, 0.15) is 5.82 Å². The van der Waals surface area contributed by atoms with Crippen molar-refractivity contribution in [1.29, 1.82) is 0 Å². The number of benzene rings is 1. The summed E-state index contributed by atoms with van der Waals surface area (Å²) in [4.78, 5) is 16.6. The van der Waals surface area contributed by atoms with Gasteiger partial charge in [-0.1, -0.05) is 24.2 Å². The number of nitrogens with one attached hydrogen (secondary N) is 1. The van der Waals surface area contributed by atoms with Crippen LogP contribution in [0, 0.1) is 6.92 Å². The maximum Gasteiger partial charge on any atom is 0.258 e. The van der Waals surface area contributed by atoms with Gasteiger partial charge in [-0.3, -0.25) is 9.20 Å². The highest BCUT2D eigenvalue weighted by molar-refractivity contribution is 5.92. The highest BCUT2D eigenvalue weighted by Gasteiger charge is 2.14. The molecular formula is C19H18N6O2. The number of hydrogen-bond donors (Lipinski definition) is 1. The van der Waals surface area contributed by atoms with Crippen molar-refractivity contribution in [3.8, 4) is 11.5 Å². The van der Waals surface area contributed by atoms with E-state index < -0.39 is 0 Å². The van der Waals surface area contributed by atoms with Crippen molar-refractivity contribution in [2.75, 3.05) is 5.32 Å². The Morgan fingerprint density at radius 1 is 1.22 bits per heavy atom. The second kappa shape index (κ2) is 6.99. The van der Waals surface area contributed by atoms with Gasteiger partial charge in [-0.2, -0.15) is 4.98 Å². The van der Waals surface area contributed by atoms with Gasteiger partial charge < -0.3 is 9.84 Å². The van der Waals surface area contributed by atoms with Crippen LogP contribution in [0.2, 0.25) is 0 Å². The van der Waals surface area contributed by atoms with E-state index in [0.717, 1.165) is 16.8 Å². The Hall–Kier alpha value is -3.55. The Labute approximate surface area is 155 Å². The molecule has 0 atom stereocenters. The molecule has 1 amide bonds. The lowest BCUT2D eigenvalue weighted by molar-refractivity contribution is -0.115. The standard InChI is InChI=1S/C19H18N6O2/c1-3-15-21-19(27-24-15)13-7-8-25-16(10-13)22-23-17(25)11-18(26)20-14-6-4-5-12(2)9-14/h4-10H,3,11H2,1-2H3,(H,20,26). The molecule has 0 aliphatic carbocycles. The average Bonchev–Trinajstić information content (AvgIpc) is 3.28. The molecule has 3 heterocycles. The molecule has 0 aliphatic rings. The van der Waals surface area contributed by atoms with E-state index in [1.807, 2.05) is 50.2 Å². The molecule has 4 aromatic rings. The molecule has 0 unspecified atom stereocenters. The maximum atomic E-state index is 12.3. The van der Waals surface area contributed by atoms with E-state index in [2.05, 4.69) is 25.7 Å². The summed E-state index contributed by atoms with van der Waals surface area (Å²) in [5, 5.41) is 15.1. The fourth-order valence-corrected chi connectivity index (χ4v) is 2.78. The van der Waals surface area contributed by atoms with Crippen LogP contribution < -0.4 is 5.32 Å². The van der Waals surface area contributed by atoms with Crippen molar-refractivity contribution in [2.24, 2.45) is 0 Å². The first-order valence-corrected chi connectivity index (χ1v) is 8.65. The minimum atomic E-state index is -0.150. The quantitative estimate of drug-likeness (QED) is 0.586. The maximum absolute atomic E-state index is 12.3. The summed E-state index contributed by atoms with van der Waals surface area (Å²) in [6.07, 6.45) is 2.63. The summed E-state index contributed by atoms with van der Waals surface area (Å²) in [6.45, 7) is 3.94. The number of aryl methyl sites for hydroxylation is 2. The van der Waals surface area contributed by atoms with Crippen LogP contribution in [0.4, 0.5) is 5.69 Å². The lowest BCUT2D eigenvalue weighted by Gasteiger charge is -2.05. The lowest BCUT2D eigenvalue weighted by atomic mass is 10.2. The summed E-state index contributed by atoms with van der Waals surface area (Å²) in [7, 11) is 0. The Morgan fingerprint density at radius 3 is 2.89 bits per heavy atom. The van der Waals surface area contributed by atoms with Crippen LogP contribution in [0.1, 0.15) is 24.1 Å². The van der Waals surface area contributed by atoms with Gasteiger partial charge in [-0.25, -0.2) is 0 Å². The number of hydrogen-bond acceptors (Lipinski definition) is 6. The minimum Gasteiger partial charge on any atom is -0.334 e. The lowest BCUT2D eigenvalue weighted by Crippen LogP contribution is -2.16. The molecule has 0 bridgehead atoms. The predicted octanol–water partition coefficient (Wildman–Crippen LogP) is 2.83. The molecule has 8 nitrogen and oxygen atoms in total. The third-order valence-electron chi connectivity index (χ3n) is 4.13. The molecular weight excluding hydrogens is 344 g/mol. The first-order chi connectivity index (χ1) is 13.1. The second-order valence-corrected chi connectivity index (χ2v) is 6.22. The van der Waals surface area contributed by atoms with E-state index in [-0.39, 0.29) is 12.3 Å². The highest BCUT2D eigenvalue weighted by Crippen LogP contribution is 2.19. The van der Waals surface area contributed by atoms with Crippen molar-refractivity contribution in [3.05, 3.63) is 59.8 Å². The number of carbonyl (C=O) groups is 1. The largest absolute Gasteiger partial charge is 0.334 e. The molecule has 0 aliphatic heterocycles. The summed E-state index contributed by atoms with van der Waals surface area (Å²) < 4.78 is 7.03. The van der Waals surface area contributed by atoms with Crippen LogP contribution >= 0.6 is 0 Å². The molecule has 27 heavy (non-hydrogen) atoms. The molecule has 4 rings (SSSR count). The fraction of sp³-hybridized carbons (Fsp3) is 0.211. The zero-order valence-electron chi connectivity index (χ0n) is 15.0. The van der Waals surface area contributed by atoms with Crippen molar-refractivity contribution in [1.82, 2.24) is 24.7 Å². The third-order valence-corrected chi connectivity index (χ3v) is 4.13. The number of aromatic nitrogens is 5. The van der Waals surface area contributed by atoms with Crippen LogP contribution in [0.25, 0.3) is 17.1 Å². The molecule has 3 aromatic heterocycles. The summed E-state index contributed by atoms with van der Waals surface area (Å²) in [5.74, 6) is 1.50. The van der Waals surface area contributed by atoms with E-state index in [1.165, 1.54) is 0 Å². The number of pyridine rings is 1. The molecule has 0 fully saturated rings. The minimum absolute atomic E-state index is 0.120. The van der Waals surface area contributed by atoms with Gasteiger partial charge in [-0.05, 0) is 36.8 Å². The molecule has 0 saturated heterocycles. The third kappa shape index (κ3) is 3.55. The van der Waals surface area contributed by atoms with E-state index in [4.69, 9.17) is 4.52 Å². The zero-order valence-corrected chi connectivity index (χ0v) is 15.0. The van der Waals surface area contributed by atoms with Crippen molar-refractivity contribution < 1.29 is 9.32 Å². The van der Waals surface area contributed by atoms with Crippen LogP contribution in [0.15, 0.2) is 47.1 Å². The number of amides is 1. The van der Waals surface area contributed by atoms with Gasteiger partial charge in [0.05, 0.1) is 6.42 Å². The Morgan fingerprint density at radius 2 is 2.11 bits per heavy atom. The summed E-state index contributed by atoms with van der Waals surface area (Å²) in [5.41, 5.74) is 3.22. The Kier molecular flexibility index (Phi) is 4.37.